The van der Waals surface area contributed by atoms with Gasteiger partial charge in [0.25, 0.3) is 0 Å². The molecule has 0 spiro atoms. The molecule has 1 aliphatic heterocycles. The summed E-state index contributed by atoms with van der Waals surface area (Å²) < 4.78 is 5.19. The molecule has 0 saturated carbocycles. The predicted octanol–water partition coefficient (Wildman–Crippen LogP) is 1.86. The Hall–Kier alpha value is -1.98. The molecule has 0 radical (unpaired) electrons. The van der Waals surface area contributed by atoms with Crippen LogP contribution in [0.5, 0.6) is 0 Å². The van der Waals surface area contributed by atoms with E-state index >= 15 is 0 Å². The fraction of sp³-hybridized carbons (Fsp3) is 0.571. The van der Waals surface area contributed by atoms with Crippen LogP contribution in [0.3, 0.4) is 0 Å². The fourth-order valence-electron chi connectivity index (χ4n) is 2.53. The van der Waals surface area contributed by atoms with Gasteiger partial charge in [-0.3, -0.25) is 4.79 Å². The normalized spacial score (nSPS) is 18.8. The smallest absolute Gasteiger partial charge is 0.317 e. The number of carboxylic acid groups (broad SMARTS) is 1. The monoisotopic (exact) mass is 280 g/mol. The van der Waals surface area contributed by atoms with E-state index in [2.05, 4.69) is 5.32 Å². The lowest BCUT2D eigenvalue weighted by Crippen LogP contribution is -2.49. The summed E-state index contributed by atoms with van der Waals surface area (Å²) in [5.74, 6) is -0.0312. The fourth-order valence-corrected chi connectivity index (χ4v) is 2.53. The topological polar surface area (TPSA) is 82.8 Å². The van der Waals surface area contributed by atoms with Gasteiger partial charge in [-0.15, -0.1) is 0 Å². The number of carbonyl (C=O) groups is 2. The number of hydrogen-bond donors (Lipinski definition) is 2. The molecule has 2 N–H and O–H groups in total. The molecule has 2 heterocycles. The number of nitrogens with zero attached hydrogens (tertiary/aromatic N) is 1. The Labute approximate surface area is 117 Å². The van der Waals surface area contributed by atoms with E-state index < -0.39 is 5.97 Å². The van der Waals surface area contributed by atoms with Crippen molar-refractivity contribution >= 4 is 12.0 Å². The van der Waals surface area contributed by atoms with Gasteiger partial charge >= 0.3 is 12.0 Å². The number of hydrogen-bond acceptors (Lipinski definition) is 3. The number of urea groups is 1. The van der Waals surface area contributed by atoms with Crippen molar-refractivity contribution < 1.29 is 19.1 Å². The van der Waals surface area contributed by atoms with E-state index in [9.17, 15) is 9.59 Å². The van der Waals surface area contributed by atoms with Crippen molar-refractivity contribution in [2.75, 3.05) is 13.1 Å². The number of furan rings is 1. The summed E-state index contributed by atoms with van der Waals surface area (Å²) in [4.78, 5) is 24.6. The quantitative estimate of drug-likeness (QED) is 0.862. The Kier molecular flexibility index (Phi) is 5.03. The van der Waals surface area contributed by atoms with Crippen molar-refractivity contribution in [3.8, 4) is 0 Å². The molecule has 1 aromatic heterocycles. The third-order valence-corrected chi connectivity index (χ3v) is 3.53. The van der Waals surface area contributed by atoms with Gasteiger partial charge < -0.3 is 19.7 Å². The Morgan fingerprint density at radius 1 is 1.45 bits per heavy atom. The van der Waals surface area contributed by atoms with Crippen LogP contribution in [-0.4, -0.2) is 41.1 Å². The summed E-state index contributed by atoms with van der Waals surface area (Å²) in [5.41, 5.74) is 0. The molecule has 1 atom stereocenters. The molecule has 0 aliphatic carbocycles. The summed E-state index contributed by atoms with van der Waals surface area (Å²) in [5, 5.41) is 11.7. The molecule has 1 aliphatic rings. The summed E-state index contributed by atoms with van der Waals surface area (Å²) in [6, 6.07) is 3.30. The summed E-state index contributed by atoms with van der Waals surface area (Å²) in [7, 11) is 0. The van der Waals surface area contributed by atoms with Gasteiger partial charge in [-0.25, -0.2) is 4.79 Å². The number of nitrogens with one attached hydrogen (secondary N) is 1. The molecule has 1 fully saturated rings. The van der Waals surface area contributed by atoms with Crippen molar-refractivity contribution in [3.05, 3.63) is 24.2 Å². The Bertz CT molecular complexity index is 444. The number of rotatable bonds is 5. The summed E-state index contributed by atoms with van der Waals surface area (Å²) in [6.45, 7) is 1.12. The molecule has 20 heavy (non-hydrogen) atoms. The molecule has 6 nitrogen and oxygen atoms in total. The van der Waals surface area contributed by atoms with E-state index in [0.29, 0.717) is 19.5 Å². The molecule has 0 bridgehead atoms. The van der Waals surface area contributed by atoms with Crippen LogP contribution in [0.4, 0.5) is 4.79 Å². The van der Waals surface area contributed by atoms with E-state index in [0.717, 1.165) is 25.0 Å². The van der Waals surface area contributed by atoms with Crippen LogP contribution < -0.4 is 5.32 Å². The first-order chi connectivity index (χ1) is 9.66. The van der Waals surface area contributed by atoms with Gasteiger partial charge in [0, 0.05) is 25.6 Å². The standard InChI is InChI=1S/C14H20N2O4/c17-13(18)10-11-4-1-2-8-16(11)14(19)15-7-6-12-5-3-9-20-12/h3,5,9,11H,1-2,4,6-8,10H2,(H,15,19)(H,17,18). The van der Waals surface area contributed by atoms with Gasteiger partial charge in [0.2, 0.25) is 0 Å². The first-order valence-corrected chi connectivity index (χ1v) is 6.95. The van der Waals surface area contributed by atoms with Crippen molar-refractivity contribution in [1.29, 1.82) is 0 Å². The molecular formula is C14H20N2O4. The molecule has 1 aromatic rings. The number of aliphatic carboxylic acids is 1. The van der Waals surface area contributed by atoms with Crippen LogP contribution in [0.1, 0.15) is 31.4 Å². The minimum absolute atomic E-state index is 0.0194. The third-order valence-electron chi connectivity index (χ3n) is 3.53. The van der Waals surface area contributed by atoms with Crippen LogP contribution >= 0.6 is 0 Å². The van der Waals surface area contributed by atoms with Crippen LogP contribution in [0.2, 0.25) is 0 Å². The molecule has 1 saturated heterocycles. The van der Waals surface area contributed by atoms with Gasteiger partial charge in [0.05, 0.1) is 12.7 Å². The first-order valence-electron chi connectivity index (χ1n) is 6.95. The zero-order valence-electron chi connectivity index (χ0n) is 11.4. The molecule has 1 unspecified atom stereocenters. The molecular weight excluding hydrogens is 260 g/mol. The van der Waals surface area contributed by atoms with Gasteiger partial charge in [-0.1, -0.05) is 0 Å². The maximum Gasteiger partial charge on any atom is 0.317 e. The lowest BCUT2D eigenvalue weighted by Gasteiger charge is -2.34. The lowest BCUT2D eigenvalue weighted by atomic mass is 10.00. The van der Waals surface area contributed by atoms with E-state index in [1.165, 1.54) is 0 Å². The van der Waals surface area contributed by atoms with Crippen molar-refractivity contribution in [1.82, 2.24) is 10.2 Å². The second-order valence-electron chi connectivity index (χ2n) is 5.00. The molecule has 2 amide bonds. The zero-order chi connectivity index (χ0) is 14.4. The molecule has 0 aromatic carbocycles. The largest absolute Gasteiger partial charge is 0.481 e. The van der Waals surface area contributed by atoms with E-state index in [4.69, 9.17) is 9.52 Å². The maximum absolute atomic E-state index is 12.1. The van der Waals surface area contributed by atoms with E-state index in [1.54, 1.807) is 11.2 Å². The highest BCUT2D eigenvalue weighted by molar-refractivity contribution is 5.76. The predicted molar refractivity (Wildman–Crippen MR) is 72.4 cm³/mol. The highest BCUT2D eigenvalue weighted by atomic mass is 16.4. The van der Waals surface area contributed by atoms with E-state index in [1.807, 2.05) is 12.1 Å². The second-order valence-corrected chi connectivity index (χ2v) is 5.00. The van der Waals surface area contributed by atoms with Gasteiger partial charge in [0.1, 0.15) is 5.76 Å². The molecule has 110 valence electrons. The lowest BCUT2D eigenvalue weighted by molar-refractivity contribution is -0.138. The average Bonchev–Trinajstić information content (AvgIpc) is 2.91. The van der Waals surface area contributed by atoms with Crippen molar-refractivity contribution in [3.63, 3.8) is 0 Å². The van der Waals surface area contributed by atoms with Crippen LogP contribution in [-0.2, 0) is 11.2 Å². The van der Waals surface area contributed by atoms with E-state index in [-0.39, 0.29) is 18.5 Å². The minimum atomic E-state index is -0.856. The van der Waals surface area contributed by atoms with Gasteiger partial charge in [0.15, 0.2) is 0 Å². The number of amides is 2. The SMILES string of the molecule is O=C(O)CC1CCCCN1C(=O)NCCc1ccco1. The van der Waals surface area contributed by atoms with Crippen LogP contribution in [0.15, 0.2) is 22.8 Å². The number of carbonyl (C=O) groups excluding carboxylic acids is 1. The molecule has 6 heteroatoms. The highest BCUT2D eigenvalue weighted by Crippen LogP contribution is 2.19. The van der Waals surface area contributed by atoms with Crippen molar-refractivity contribution in [2.24, 2.45) is 0 Å². The summed E-state index contributed by atoms with van der Waals surface area (Å²) in [6.07, 6.45) is 4.93. The average molecular weight is 280 g/mol. The van der Waals surface area contributed by atoms with Gasteiger partial charge in [-0.2, -0.15) is 0 Å². The van der Waals surface area contributed by atoms with Crippen LogP contribution in [0, 0.1) is 0 Å². The molecule has 2 rings (SSSR count). The Morgan fingerprint density at radius 3 is 3.00 bits per heavy atom. The Balaban J connectivity index is 1.81. The Morgan fingerprint density at radius 2 is 2.30 bits per heavy atom. The minimum Gasteiger partial charge on any atom is -0.481 e. The van der Waals surface area contributed by atoms with Gasteiger partial charge in [-0.05, 0) is 31.4 Å². The van der Waals surface area contributed by atoms with Crippen molar-refractivity contribution in [2.45, 2.75) is 38.1 Å². The third kappa shape index (κ3) is 4.01. The van der Waals surface area contributed by atoms with Crippen LogP contribution in [0.25, 0.3) is 0 Å². The zero-order valence-corrected chi connectivity index (χ0v) is 11.4. The number of likely N-dealkylation sites (tertiary alicyclic amines) is 1. The first kappa shape index (κ1) is 14.4. The summed E-state index contributed by atoms with van der Waals surface area (Å²) >= 11 is 0. The second kappa shape index (κ2) is 6.98. The number of carboxylic acids is 1. The highest BCUT2D eigenvalue weighted by Gasteiger charge is 2.28. The number of piperidine rings is 1. The maximum atomic E-state index is 12.1.